The zero-order valence-corrected chi connectivity index (χ0v) is 15.3. The Morgan fingerprint density at radius 3 is 2.54 bits per heavy atom. The lowest BCUT2D eigenvalue weighted by Gasteiger charge is -2.20. The molecule has 3 rings (SSSR count). The molecule has 0 spiro atoms. The number of nitrogens with zero attached hydrogens (tertiary/aromatic N) is 2. The van der Waals surface area contributed by atoms with Gasteiger partial charge in [-0.15, -0.1) is 0 Å². The number of carbonyl (C=O) groups excluding carboxylic acids is 1. The summed E-state index contributed by atoms with van der Waals surface area (Å²) in [6.45, 7) is 3.10. The number of aromatic nitrogens is 1. The van der Waals surface area contributed by atoms with Gasteiger partial charge in [-0.25, -0.2) is 0 Å². The molecule has 0 fully saturated rings. The van der Waals surface area contributed by atoms with Crippen molar-refractivity contribution in [2.45, 2.75) is 13.5 Å². The quantitative estimate of drug-likeness (QED) is 0.667. The van der Waals surface area contributed by atoms with Gasteiger partial charge in [0.2, 0.25) is 0 Å². The van der Waals surface area contributed by atoms with Crippen molar-refractivity contribution < 1.29 is 4.79 Å². The SMILES string of the molecule is CCN(C(=O)c1cc(NCc2ccccc2Cl)ccn1)c1ccccc1. The summed E-state index contributed by atoms with van der Waals surface area (Å²) in [5.41, 5.74) is 3.09. The molecule has 5 heteroatoms. The lowest BCUT2D eigenvalue weighted by atomic mass is 10.2. The van der Waals surface area contributed by atoms with E-state index in [1.54, 1.807) is 17.2 Å². The average Bonchev–Trinajstić information content (AvgIpc) is 2.69. The highest BCUT2D eigenvalue weighted by atomic mass is 35.5. The molecule has 1 heterocycles. The van der Waals surface area contributed by atoms with Gasteiger partial charge in [0.15, 0.2) is 0 Å². The summed E-state index contributed by atoms with van der Waals surface area (Å²) in [6, 6.07) is 20.9. The number of halogens is 1. The first kappa shape index (κ1) is 18.0. The van der Waals surface area contributed by atoms with Crippen LogP contribution in [0.25, 0.3) is 0 Å². The minimum absolute atomic E-state index is 0.125. The third-order valence-electron chi connectivity index (χ3n) is 4.05. The summed E-state index contributed by atoms with van der Waals surface area (Å²) in [7, 11) is 0. The van der Waals surface area contributed by atoms with Crippen molar-refractivity contribution in [3.05, 3.63) is 89.2 Å². The fourth-order valence-corrected chi connectivity index (χ4v) is 2.89. The molecule has 1 amide bonds. The van der Waals surface area contributed by atoms with Gasteiger partial charge in [0.25, 0.3) is 5.91 Å². The van der Waals surface area contributed by atoms with E-state index in [0.717, 1.165) is 16.9 Å². The molecule has 0 saturated carbocycles. The number of benzene rings is 2. The van der Waals surface area contributed by atoms with Crippen LogP contribution in [0.3, 0.4) is 0 Å². The summed E-state index contributed by atoms with van der Waals surface area (Å²) in [5.74, 6) is -0.125. The van der Waals surface area contributed by atoms with Gasteiger partial charge < -0.3 is 10.2 Å². The second-order valence-electron chi connectivity index (χ2n) is 5.76. The van der Waals surface area contributed by atoms with E-state index in [2.05, 4.69) is 10.3 Å². The van der Waals surface area contributed by atoms with E-state index in [1.807, 2.05) is 67.6 Å². The number of nitrogens with one attached hydrogen (secondary N) is 1. The Morgan fingerprint density at radius 2 is 1.81 bits per heavy atom. The van der Waals surface area contributed by atoms with E-state index < -0.39 is 0 Å². The molecule has 0 saturated heterocycles. The Bertz CT molecular complexity index is 883. The van der Waals surface area contributed by atoms with Crippen LogP contribution < -0.4 is 10.2 Å². The molecule has 2 aromatic carbocycles. The Kier molecular flexibility index (Phi) is 5.87. The summed E-state index contributed by atoms with van der Waals surface area (Å²) in [4.78, 5) is 18.8. The summed E-state index contributed by atoms with van der Waals surface area (Å²) < 4.78 is 0. The molecule has 132 valence electrons. The van der Waals surface area contributed by atoms with Gasteiger partial charge in [0.05, 0.1) is 0 Å². The normalized spacial score (nSPS) is 10.4. The molecule has 1 aromatic heterocycles. The smallest absolute Gasteiger partial charge is 0.276 e. The van der Waals surface area contributed by atoms with Gasteiger partial charge in [-0.3, -0.25) is 9.78 Å². The van der Waals surface area contributed by atoms with Crippen molar-refractivity contribution in [3.63, 3.8) is 0 Å². The van der Waals surface area contributed by atoms with Crippen molar-refractivity contribution in [2.75, 3.05) is 16.8 Å². The van der Waals surface area contributed by atoms with E-state index in [4.69, 9.17) is 11.6 Å². The molecule has 0 atom stereocenters. The number of pyridine rings is 1. The standard InChI is InChI=1S/C21H20ClN3O/c1-2-25(18-9-4-3-5-10-18)21(26)20-14-17(12-13-23-20)24-15-16-8-6-7-11-19(16)22/h3-14H,2,15H2,1H3,(H,23,24). The Hall–Kier alpha value is -2.85. The Balaban J connectivity index is 1.76. The molecule has 0 unspecified atom stereocenters. The minimum Gasteiger partial charge on any atom is -0.381 e. The van der Waals surface area contributed by atoms with Crippen LogP contribution in [0.15, 0.2) is 72.9 Å². The van der Waals surface area contributed by atoms with Crippen LogP contribution in [0.1, 0.15) is 23.0 Å². The van der Waals surface area contributed by atoms with Crippen LogP contribution in [0.5, 0.6) is 0 Å². The summed E-state index contributed by atoms with van der Waals surface area (Å²) in [6.07, 6.45) is 1.64. The Labute approximate surface area is 158 Å². The van der Waals surface area contributed by atoms with E-state index in [1.165, 1.54) is 0 Å². The summed E-state index contributed by atoms with van der Waals surface area (Å²) >= 11 is 6.19. The fraction of sp³-hybridized carbons (Fsp3) is 0.143. The maximum Gasteiger partial charge on any atom is 0.276 e. The number of hydrogen-bond acceptors (Lipinski definition) is 3. The first-order valence-corrected chi connectivity index (χ1v) is 8.87. The second kappa shape index (κ2) is 8.50. The van der Waals surface area contributed by atoms with Crippen molar-refractivity contribution in [3.8, 4) is 0 Å². The number of amides is 1. The number of carbonyl (C=O) groups is 1. The van der Waals surface area contributed by atoms with Crippen LogP contribution >= 0.6 is 11.6 Å². The van der Waals surface area contributed by atoms with Crippen LogP contribution in [-0.4, -0.2) is 17.4 Å². The maximum absolute atomic E-state index is 12.9. The molecule has 26 heavy (non-hydrogen) atoms. The van der Waals surface area contributed by atoms with Crippen LogP contribution in [0.4, 0.5) is 11.4 Å². The molecule has 1 N–H and O–H groups in total. The van der Waals surface area contributed by atoms with E-state index in [9.17, 15) is 4.79 Å². The molecule has 3 aromatic rings. The van der Waals surface area contributed by atoms with Crippen molar-refractivity contribution in [1.82, 2.24) is 4.98 Å². The van der Waals surface area contributed by atoms with Crippen LogP contribution in [0.2, 0.25) is 5.02 Å². The zero-order valence-electron chi connectivity index (χ0n) is 14.5. The van der Waals surface area contributed by atoms with E-state index >= 15 is 0 Å². The highest BCUT2D eigenvalue weighted by Gasteiger charge is 2.17. The molecule has 0 aliphatic heterocycles. The van der Waals surface area contributed by atoms with Gasteiger partial charge in [-0.05, 0) is 42.8 Å². The monoisotopic (exact) mass is 365 g/mol. The minimum atomic E-state index is -0.125. The van der Waals surface area contributed by atoms with Gasteiger partial charge >= 0.3 is 0 Å². The maximum atomic E-state index is 12.9. The first-order valence-electron chi connectivity index (χ1n) is 8.49. The molecular formula is C21H20ClN3O. The third kappa shape index (κ3) is 4.21. The molecule has 0 aliphatic rings. The van der Waals surface area contributed by atoms with Gasteiger partial charge in [0.1, 0.15) is 5.69 Å². The van der Waals surface area contributed by atoms with Crippen molar-refractivity contribution in [1.29, 1.82) is 0 Å². The van der Waals surface area contributed by atoms with E-state index in [0.29, 0.717) is 23.8 Å². The number of rotatable bonds is 6. The van der Waals surface area contributed by atoms with Crippen LogP contribution in [0, 0.1) is 0 Å². The van der Waals surface area contributed by atoms with Gasteiger partial charge in [-0.1, -0.05) is 48.0 Å². The van der Waals surface area contributed by atoms with Gasteiger partial charge in [-0.2, -0.15) is 0 Å². The number of anilines is 2. The first-order chi connectivity index (χ1) is 12.7. The molecular weight excluding hydrogens is 346 g/mol. The predicted octanol–water partition coefficient (Wildman–Crippen LogP) is 5.01. The van der Waals surface area contributed by atoms with Crippen LogP contribution in [-0.2, 0) is 6.54 Å². The highest BCUT2D eigenvalue weighted by Crippen LogP contribution is 2.19. The fourth-order valence-electron chi connectivity index (χ4n) is 2.69. The predicted molar refractivity (Wildman–Crippen MR) is 107 cm³/mol. The van der Waals surface area contributed by atoms with Crippen molar-refractivity contribution >= 4 is 28.9 Å². The van der Waals surface area contributed by atoms with E-state index in [-0.39, 0.29) is 5.91 Å². The third-order valence-corrected chi connectivity index (χ3v) is 4.42. The molecule has 0 aliphatic carbocycles. The highest BCUT2D eigenvalue weighted by molar-refractivity contribution is 6.31. The average molecular weight is 366 g/mol. The topological polar surface area (TPSA) is 45.2 Å². The second-order valence-corrected chi connectivity index (χ2v) is 6.17. The zero-order chi connectivity index (χ0) is 18.4. The number of para-hydroxylation sites is 1. The molecule has 0 bridgehead atoms. The van der Waals surface area contributed by atoms with Crippen molar-refractivity contribution in [2.24, 2.45) is 0 Å². The Morgan fingerprint density at radius 1 is 1.08 bits per heavy atom. The molecule has 0 radical (unpaired) electrons. The number of hydrogen-bond donors (Lipinski definition) is 1. The lowest BCUT2D eigenvalue weighted by molar-refractivity contribution is 0.0983. The largest absolute Gasteiger partial charge is 0.381 e. The van der Waals surface area contributed by atoms with Gasteiger partial charge in [0, 0.05) is 35.7 Å². The molecule has 4 nitrogen and oxygen atoms in total. The lowest BCUT2D eigenvalue weighted by Crippen LogP contribution is -2.31. The summed E-state index contributed by atoms with van der Waals surface area (Å²) in [5, 5.41) is 4.01.